The van der Waals surface area contributed by atoms with E-state index in [2.05, 4.69) is 20.9 Å². The number of carbonyl (C=O) groups is 3. The maximum atomic E-state index is 12.0. The van der Waals surface area contributed by atoms with Crippen LogP contribution in [0.4, 0.5) is 5.69 Å². The lowest BCUT2D eigenvalue weighted by molar-refractivity contribution is -0.122. The molecule has 2 rings (SSSR count). The molecule has 10 nitrogen and oxygen atoms in total. The van der Waals surface area contributed by atoms with Gasteiger partial charge in [-0.2, -0.15) is 0 Å². The minimum absolute atomic E-state index is 0.0269. The Bertz CT molecular complexity index is 823. The minimum Gasteiger partial charge on any atom is -0.495 e. The van der Waals surface area contributed by atoms with Crippen molar-refractivity contribution < 1.29 is 24.2 Å². The molecule has 0 fully saturated rings. The largest absolute Gasteiger partial charge is 0.495 e. The zero-order valence-electron chi connectivity index (χ0n) is 13.7. The Kier molecular flexibility index (Phi) is 6.50. The Hall–Kier alpha value is -3.14. The van der Waals surface area contributed by atoms with Crippen molar-refractivity contribution in [3.05, 3.63) is 35.1 Å². The van der Waals surface area contributed by atoms with E-state index in [-0.39, 0.29) is 31.1 Å². The van der Waals surface area contributed by atoms with Crippen LogP contribution in [-0.4, -0.2) is 51.5 Å². The summed E-state index contributed by atoms with van der Waals surface area (Å²) in [4.78, 5) is 34.4. The third kappa shape index (κ3) is 5.45. The summed E-state index contributed by atoms with van der Waals surface area (Å²) in [6.45, 7) is -0.113. The van der Waals surface area contributed by atoms with E-state index >= 15 is 0 Å². The molecule has 1 heterocycles. The Morgan fingerprint density at radius 1 is 1.31 bits per heavy atom. The number of carboxylic acid groups (broad SMARTS) is 1. The molecule has 0 saturated carbocycles. The van der Waals surface area contributed by atoms with Gasteiger partial charge in [0.1, 0.15) is 12.3 Å². The molecule has 0 radical (unpaired) electrons. The number of nitrogens with zero attached hydrogens (tertiary/aromatic N) is 3. The molecule has 0 saturated heterocycles. The zero-order valence-corrected chi connectivity index (χ0v) is 14.5. The van der Waals surface area contributed by atoms with E-state index in [4.69, 9.17) is 21.4 Å². The molecule has 3 N–H and O–H groups in total. The zero-order chi connectivity index (χ0) is 19.1. The first-order valence-corrected chi connectivity index (χ1v) is 7.80. The second-order valence-electron chi connectivity index (χ2n) is 5.10. The summed E-state index contributed by atoms with van der Waals surface area (Å²) >= 11 is 5.89. The van der Waals surface area contributed by atoms with E-state index in [1.807, 2.05) is 0 Å². The average Bonchev–Trinajstić information content (AvgIpc) is 3.03. The molecule has 1 aromatic heterocycles. The lowest BCUT2D eigenvalue weighted by atomic mass is 10.2. The molecule has 0 bridgehead atoms. The number of aromatic carboxylic acids is 1. The van der Waals surface area contributed by atoms with Crippen molar-refractivity contribution in [2.24, 2.45) is 0 Å². The first-order chi connectivity index (χ1) is 12.4. The van der Waals surface area contributed by atoms with Gasteiger partial charge in [-0.15, -0.1) is 5.10 Å². The number of nitrogens with one attached hydrogen (secondary N) is 2. The second-order valence-corrected chi connectivity index (χ2v) is 5.54. The number of carboxylic acids is 1. The molecular weight excluding hydrogens is 366 g/mol. The van der Waals surface area contributed by atoms with Crippen molar-refractivity contribution in [2.45, 2.75) is 13.0 Å². The maximum Gasteiger partial charge on any atom is 0.358 e. The van der Waals surface area contributed by atoms with Gasteiger partial charge in [0.15, 0.2) is 5.69 Å². The Balaban J connectivity index is 1.78. The van der Waals surface area contributed by atoms with Gasteiger partial charge < -0.3 is 20.5 Å². The summed E-state index contributed by atoms with van der Waals surface area (Å²) in [5.41, 5.74) is 0.174. The maximum absolute atomic E-state index is 12.0. The van der Waals surface area contributed by atoms with Gasteiger partial charge in [-0.1, -0.05) is 16.8 Å². The number of hydrogen-bond acceptors (Lipinski definition) is 6. The number of carbonyl (C=O) groups excluding carboxylic acids is 2. The highest BCUT2D eigenvalue weighted by Gasteiger charge is 2.12. The molecule has 0 aliphatic heterocycles. The van der Waals surface area contributed by atoms with Crippen LogP contribution in [0.25, 0.3) is 0 Å². The van der Waals surface area contributed by atoms with Crippen LogP contribution in [0.5, 0.6) is 5.75 Å². The summed E-state index contributed by atoms with van der Waals surface area (Å²) in [6.07, 6.45) is 1.17. The van der Waals surface area contributed by atoms with Crippen molar-refractivity contribution >= 4 is 35.1 Å². The third-order valence-corrected chi connectivity index (χ3v) is 3.41. The van der Waals surface area contributed by atoms with Crippen LogP contribution in [0.15, 0.2) is 24.4 Å². The van der Waals surface area contributed by atoms with E-state index in [0.717, 1.165) is 10.9 Å². The number of benzene rings is 1. The highest BCUT2D eigenvalue weighted by Crippen LogP contribution is 2.27. The van der Waals surface area contributed by atoms with Crippen LogP contribution in [-0.2, 0) is 16.1 Å². The van der Waals surface area contributed by atoms with Crippen LogP contribution >= 0.6 is 11.6 Å². The van der Waals surface area contributed by atoms with E-state index in [1.54, 1.807) is 18.2 Å². The monoisotopic (exact) mass is 381 g/mol. The number of halogens is 1. The topological polar surface area (TPSA) is 135 Å². The fraction of sp³-hybridized carbons (Fsp3) is 0.267. The quantitative estimate of drug-likeness (QED) is 0.614. The van der Waals surface area contributed by atoms with Crippen molar-refractivity contribution in [1.29, 1.82) is 0 Å². The number of methoxy groups -OCH3 is 1. The first-order valence-electron chi connectivity index (χ1n) is 7.42. The molecule has 0 aliphatic carbocycles. The molecule has 2 amide bonds. The van der Waals surface area contributed by atoms with Crippen molar-refractivity contribution in [3.8, 4) is 5.75 Å². The Labute approximate surface area is 153 Å². The Morgan fingerprint density at radius 3 is 2.73 bits per heavy atom. The summed E-state index contributed by atoms with van der Waals surface area (Å²) in [5, 5.41) is 21.3. The van der Waals surface area contributed by atoms with Crippen LogP contribution in [0.1, 0.15) is 16.9 Å². The van der Waals surface area contributed by atoms with Gasteiger partial charge >= 0.3 is 5.97 Å². The van der Waals surface area contributed by atoms with Crippen molar-refractivity contribution in [3.63, 3.8) is 0 Å². The Morgan fingerprint density at radius 2 is 2.08 bits per heavy atom. The van der Waals surface area contributed by atoms with Crippen LogP contribution in [0, 0.1) is 0 Å². The van der Waals surface area contributed by atoms with Gasteiger partial charge in [0, 0.05) is 18.0 Å². The van der Waals surface area contributed by atoms with Gasteiger partial charge in [0.2, 0.25) is 11.8 Å². The van der Waals surface area contributed by atoms with Crippen molar-refractivity contribution in [2.75, 3.05) is 19.0 Å². The van der Waals surface area contributed by atoms with E-state index < -0.39 is 11.9 Å². The molecule has 26 heavy (non-hydrogen) atoms. The lowest BCUT2D eigenvalue weighted by Crippen LogP contribution is -2.30. The van der Waals surface area contributed by atoms with Gasteiger partial charge in [-0.25, -0.2) is 9.48 Å². The highest BCUT2D eigenvalue weighted by molar-refractivity contribution is 6.31. The van der Waals surface area contributed by atoms with Crippen LogP contribution < -0.4 is 15.4 Å². The average molecular weight is 382 g/mol. The molecule has 0 aliphatic rings. The molecule has 0 atom stereocenters. The summed E-state index contributed by atoms with van der Waals surface area (Å²) in [6, 6.07) is 4.82. The number of rotatable bonds is 8. The predicted molar refractivity (Wildman–Crippen MR) is 91.2 cm³/mol. The fourth-order valence-corrected chi connectivity index (χ4v) is 2.15. The standard InChI is InChI=1S/C15H16ClN5O5/c1-26-12-3-2-9(16)6-10(12)18-13(22)4-5-17-14(23)8-21-7-11(15(24)25)19-20-21/h2-3,6-7H,4-5,8H2,1H3,(H,17,23)(H,18,22)(H,24,25). The molecule has 1 aromatic carbocycles. The fourth-order valence-electron chi connectivity index (χ4n) is 1.98. The number of hydrogen-bond donors (Lipinski definition) is 3. The molecule has 0 spiro atoms. The van der Waals surface area contributed by atoms with E-state index in [9.17, 15) is 14.4 Å². The summed E-state index contributed by atoms with van der Waals surface area (Å²) in [7, 11) is 1.47. The van der Waals surface area contributed by atoms with E-state index in [0.29, 0.717) is 16.5 Å². The highest BCUT2D eigenvalue weighted by atomic mass is 35.5. The SMILES string of the molecule is COc1ccc(Cl)cc1NC(=O)CCNC(=O)Cn1cc(C(=O)O)nn1. The summed E-state index contributed by atoms with van der Waals surface area (Å²) in [5.74, 6) is -1.53. The normalized spacial score (nSPS) is 10.2. The third-order valence-electron chi connectivity index (χ3n) is 3.17. The van der Waals surface area contributed by atoms with Gasteiger partial charge in [-0.05, 0) is 18.2 Å². The number of ether oxygens (including phenoxy) is 1. The second kappa shape index (κ2) is 8.81. The summed E-state index contributed by atoms with van der Waals surface area (Å²) < 4.78 is 6.22. The van der Waals surface area contributed by atoms with Crippen molar-refractivity contribution in [1.82, 2.24) is 20.3 Å². The van der Waals surface area contributed by atoms with Gasteiger partial charge in [-0.3, -0.25) is 9.59 Å². The smallest absolute Gasteiger partial charge is 0.358 e. The predicted octanol–water partition coefficient (Wildman–Crippen LogP) is 0.783. The van der Waals surface area contributed by atoms with Gasteiger partial charge in [0.05, 0.1) is 19.0 Å². The number of amides is 2. The number of anilines is 1. The van der Waals surface area contributed by atoms with Crippen LogP contribution in [0.2, 0.25) is 5.02 Å². The molecular formula is C15H16ClN5O5. The molecule has 11 heteroatoms. The molecule has 2 aromatic rings. The van der Waals surface area contributed by atoms with Gasteiger partial charge in [0.25, 0.3) is 0 Å². The first kappa shape index (κ1) is 19.2. The molecule has 138 valence electrons. The van der Waals surface area contributed by atoms with Crippen LogP contribution in [0.3, 0.4) is 0 Å². The lowest BCUT2D eigenvalue weighted by Gasteiger charge is -2.11. The molecule has 0 unspecified atom stereocenters. The number of aromatic nitrogens is 3. The van der Waals surface area contributed by atoms with E-state index in [1.165, 1.54) is 7.11 Å². The minimum atomic E-state index is -1.23.